The molecule has 6 heteroatoms. The van der Waals surface area contributed by atoms with Crippen molar-refractivity contribution < 1.29 is 13.9 Å². The molecule has 0 spiro atoms. The second-order valence-corrected chi connectivity index (χ2v) is 3.28. The largest absolute Gasteiger partial charge is 0.461 e. The van der Waals surface area contributed by atoms with Gasteiger partial charge >= 0.3 is 5.97 Å². The molecule has 2 aromatic heterocycles. The highest BCUT2D eigenvalue weighted by Gasteiger charge is 2.11. The molecule has 0 amide bonds. The molecule has 17 heavy (non-hydrogen) atoms. The van der Waals surface area contributed by atoms with Gasteiger partial charge in [0.2, 0.25) is 0 Å². The average Bonchev–Trinajstić information content (AvgIpc) is 2.30. The highest BCUT2D eigenvalue weighted by Crippen LogP contribution is 2.03. The number of pyridine rings is 1. The average molecular weight is 236 g/mol. The van der Waals surface area contributed by atoms with Crippen LogP contribution in [0.1, 0.15) is 17.4 Å². The summed E-state index contributed by atoms with van der Waals surface area (Å²) in [5, 5.41) is 0. The molecule has 0 saturated heterocycles. The second kappa shape index (κ2) is 4.32. The lowest BCUT2D eigenvalue weighted by atomic mass is 10.3. The minimum absolute atomic E-state index is 0.0801. The summed E-state index contributed by atoms with van der Waals surface area (Å²) in [5.41, 5.74) is -0.414. The molecule has 2 heterocycles. The van der Waals surface area contributed by atoms with Gasteiger partial charge in [0, 0.05) is 12.3 Å². The Morgan fingerprint density at radius 3 is 3.00 bits per heavy atom. The van der Waals surface area contributed by atoms with Gasteiger partial charge in [-0.3, -0.25) is 9.20 Å². The number of hydrogen-bond donors (Lipinski definition) is 0. The number of fused-ring (bicyclic) bond motifs is 1. The van der Waals surface area contributed by atoms with Crippen molar-refractivity contribution in [3.05, 3.63) is 46.3 Å². The van der Waals surface area contributed by atoms with E-state index < -0.39 is 17.3 Å². The van der Waals surface area contributed by atoms with Crippen LogP contribution in [0.5, 0.6) is 0 Å². The quantitative estimate of drug-likeness (QED) is 0.730. The number of esters is 1. The lowest BCUT2D eigenvalue weighted by molar-refractivity contribution is 0.0519. The summed E-state index contributed by atoms with van der Waals surface area (Å²) in [6.07, 6.45) is 1.01. The van der Waals surface area contributed by atoms with Crippen LogP contribution in [0.25, 0.3) is 5.65 Å². The van der Waals surface area contributed by atoms with E-state index in [0.717, 1.165) is 22.7 Å². The molecular formula is C11H9FN2O3. The van der Waals surface area contributed by atoms with E-state index in [2.05, 4.69) is 4.98 Å². The fourth-order valence-corrected chi connectivity index (χ4v) is 1.39. The van der Waals surface area contributed by atoms with Gasteiger partial charge in [0.1, 0.15) is 11.5 Å². The molecule has 0 atom stereocenters. The molecular weight excluding hydrogens is 227 g/mol. The zero-order valence-electron chi connectivity index (χ0n) is 9.01. The van der Waals surface area contributed by atoms with Gasteiger partial charge in [-0.2, -0.15) is 0 Å². The minimum Gasteiger partial charge on any atom is -0.461 e. The van der Waals surface area contributed by atoms with Crippen molar-refractivity contribution in [1.82, 2.24) is 9.38 Å². The molecule has 0 aliphatic carbocycles. The summed E-state index contributed by atoms with van der Waals surface area (Å²) >= 11 is 0. The molecule has 0 aliphatic rings. The Balaban J connectivity index is 2.60. The van der Waals surface area contributed by atoms with Crippen LogP contribution in [0.2, 0.25) is 0 Å². The van der Waals surface area contributed by atoms with Crippen LogP contribution in [0, 0.1) is 5.82 Å². The number of halogens is 1. The summed E-state index contributed by atoms with van der Waals surface area (Å²) in [5.74, 6) is -1.22. The number of aromatic nitrogens is 2. The third kappa shape index (κ3) is 2.15. The predicted octanol–water partition coefficient (Wildman–Crippen LogP) is 1.01. The van der Waals surface area contributed by atoms with Gasteiger partial charge in [-0.1, -0.05) is 0 Å². The molecule has 5 nitrogen and oxygen atoms in total. The number of nitrogens with zero attached hydrogens (tertiary/aromatic N) is 2. The maximum absolute atomic E-state index is 12.9. The van der Waals surface area contributed by atoms with Crippen molar-refractivity contribution in [2.24, 2.45) is 0 Å². The Morgan fingerprint density at radius 2 is 2.29 bits per heavy atom. The molecule has 0 saturated carbocycles. The number of rotatable bonds is 2. The molecule has 0 bridgehead atoms. The molecule has 0 radical (unpaired) electrons. The highest BCUT2D eigenvalue weighted by molar-refractivity contribution is 5.87. The zero-order valence-corrected chi connectivity index (χ0v) is 9.01. The fraction of sp³-hybridized carbons (Fsp3) is 0.182. The van der Waals surface area contributed by atoms with Crippen molar-refractivity contribution in [3.63, 3.8) is 0 Å². The third-order valence-electron chi connectivity index (χ3n) is 2.11. The monoisotopic (exact) mass is 236 g/mol. The minimum atomic E-state index is -0.670. The Kier molecular flexibility index (Phi) is 2.86. The second-order valence-electron chi connectivity index (χ2n) is 3.28. The molecule has 88 valence electrons. The molecule has 2 rings (SSSR count). The summed E-state index contributed by atoms with van der Waals surface area (Å²) in [6, 6.07) is 3.50. The molecule has 2 aromatic rings. The van der Waals surface area contributed by atoms with Crippen molar-refractivity contribution in [2.75, 3.05) is 6.61 Å². The molecule has 0 unspecified atom stereocenters. The maximum atomic E-state index is 12.9. The lowest BCUT2D eigenvalue weighted by Gasteiger charge is -2.03. The van der Waals surface area contributed by atoms with Crippen LogP contribution in [0.15, 0.2) is 29.2 Å². The first-order chi connectivity index (χ1) is 8.11. The van der Waals surface area contributed by atoms with E-state index in [1.165, 1.54) is 6.07 Å². The topological polar surface area (TPSA) is 60.7 Å². The Bertz CT molecular complexity index is 636. The Hall–Kier alpha value is -2.24. The molecule has 0 aliphatic heterocycles. The molecule has 0 fully saturated rings. The zero-order chi connectivity index (χ0) is 12.4. The standard InChI is InChI=1S/C11H9FN2O3/c1-2-17-11(16)8-5-10(15)14-6-7(12)3-4-9(14)13-8/h3-6H,2H2,1H3. The van der Waals surface area contributed by atoms with Gasteiger partial charge in [0.25, 0.3) is 5.56 Å². The predicted molar refractivity (Wildman–Crippen MR) is 57.4 cm³/mol. The molecule has 0 aromatic carbocycles. The van der Waals surface area contributed by atoms with Gasteiger partial charge in [0.15, 0.2) is 5.69 Å². The van der Waals surface area contributed by atoms with Crippen LogP contribution in [0.4, 0.5) is 4.39 Å². The van der Waals surface area contributed by atoms with E-state index >= 15 is 0 Å². The number of carbonyl (C=O) groups is 1. The van der Waals surface area contributed by atoms with Gasteiger partial charge in [0.05, 0.1) is 6.61 Å². The highest BCUT2D eigenvalue weighted by atomic mass is 19.1. The molecule has 0 N–H and O–H groups in total. The van der Waals surface area contributed by atoms with Crippen molar-refractivity contribution in [2.45, 2.75) is 6.92 Å². The Labute approximate surface area is 95.5 Å². The van der Waals surface area contributed by atoms with E-state index in [0.29, 0.717) is 0 Å². The third-order valence-corrected chi connectivity index (χ3v) is 2.11. The fourth-order valence-electron chi connectivity index (χ4n) is 1.39. The number of ether oxygens (including phenoxy) is 1. The van der Waals surface area contributed by atoms with E-state index in [1.54, 1.807) is 6.92 Å². The number of hydrogen-bond acceptors (Lipinski definition) is 4. The van der Waals surface area contributed by atoms with E-state index in [-0.39, 0.29) is 17.9 Å². The van der Waals surface area contributed by atoms with Crippen LogP contribution in [-0.4, -0.2) is 22.0 Å². The smallest absolute Gasteiger partial charge is 0.357 e. The first kappa shape index (κ1) is 11.3. The summed E-state index contributed by atoms with van der Waals surface area (Å²) in [7, 11) is 0. The maximum Gasteiger partial charge on any atom is 0.357 e. The lowest BCUT2D eigenvalue weighted by Crippen LogP contribution is -2.19. The normalized spacial score (nSPS) is 10.5. The van der Waals surface area contributed by atoms with Crippen molar-refractivity contribution >= 4 is 11.6 Å². The van der Waals surface area contributed by atoms with Crippen LogP contribution in [-0.2, 0) is 4.74 Å². The number of carbonyl (C=O) groups excluding carboxylic acids is 1. The van der Waals surface area contributed by atoms with E-state index in [4.69, 9.17) is 4.74 Å². The van der Waals surface area contributed by atoms with Gasteiger partial charge < -0.3 is 4.74 Å². The van der Waals surface area contributed by atoms with Gasteiger partial charge in [-0.15, -0.1) is 0 Å². The van der Waals surface area contributed by atoms with Crippen LogP contribution >= 0.6 is 0 Å². The van der Waals surface area contributed by atoms with Gasteiger partial charge in [-0.25, -0.2) is 14.2 Å². The van der Waals surface area contributed by atoms with E-state index in [1.807, 2.05) is 0 Å². The first-order valence-electron chi connectivity index (χ1n) is 4.98. The first-order valence-corrected chi connectivity index (χ1v) is 4.98. The Morgan fingerprint density at radius 1 is 1.53 bits per heavy atom. The summed E-state index contributed by atoms with van der Waals surface area (Å²) in [4.78, 5) is 26.9. The van der Waals surface area contributed by atoms with Gasteiger partial charge in [-0.05, 0) is 19.1 Å². The van der Waals surface area contributed by atoms with Crippen LogP contribution < -0.4 is 5.56 Å². The summed E-state index contributed by atoms with van der Waals surface area (Å²) in [6.45, 7) is 1.85. The van der Waals surface area contributed by atoms with E-state index in [9.17, 15) is 14.0 Å². The van der Waals surface area contributed by atoms with Crippen molar-refractivity contribution in [3.8, 4) is 0 Å². The van der Waals surface area contributed by atoms with Crippen LogP contribution in [0.3, 0.4) is 0 Å². The van der Waals surface area contributed by atoms with Crippen molar-refractivity contribution in [1.29, 1.82) is 0 Å². The summed E-state index contributed by atoms with van der Waals surface area (Å²) < 4.78 is 18.7. The SMILES string of the molecule is CCOC(=O)c1cc(=O)n2cc(F)ccc2n1.